The second-order valence-corrected chi connectivity index (χ2v) is 7.76. The minimum Gasteiger partial charge on any atom is -0.392 e. The van der Waals surface area contributed by atoms with Crippen molar-refractivity contribution in [2.24, 2.45) is 11.1 Å². The summed E-state index contributed by atoms with van der Waals surface area (Å²) in [5, 5.41) is -0.756. The molecule has 4 nitrogen and oxygen atoms in total. The second kappa shape index (κ2) is 5.20. The van der Waals surface area contributed by atoms with Crippen LogP contribution >= 0.6 is 12.2 Å². The lowest BCUT2D eigenvalue weighted by Gasteiger charge is -2.29. The van der Waals surface area contributed by atoms with E-state index in [1.807, 2.05) is 0 Å². The smallest absolute Gasteiger partial charge is 0.221 e. The average Bonchev–Trinajstić information content (AvgIpc) is 2.44. The molecule has 0 spiro atoms. The summed E-state index contributed by atoms with van der Waals surface area (Å²) in [5.41, 5.74) is 5.50. The van der Waals surface area contributed by atoms with Gasteiger partial charge in [0.25, 0.3) is 0 Å². The number of hydrogen-bond acceptors (Lipinski definition) is 3. The maximum atomic E-state index is 12.2. The van der Waals surface area contributed by atoms with Crippen molar-refractivity contribution in [3.8, 4) is 0 Å². The fourth-order valence-electron chi connectivity index (χ4n) is 2.40. The molecule has 6 heteroatoms. The van der Waals surface area contributed by atoms with Crippen LogP contribution in [0.1, 0.15) is 46.5 Å². The molecule has 0 amide bonds. The van der Waals surface area contributed by atoms with Crippen molar-refractivity contribution in [1.82, 2.24) is 4.72 Å². The first-order chi connectivity index (χ1) is 7.70. The van der Waals surface area contributed by atoms with E-state index in [2.05, 4.69) is 18.6 Å². The molecule has 1 aliphatic rings. The minimum atomic E-state index is -3.44. The molecule has 0 heterocycles. The van der Waals surface area contributed by atoms with Gasteiger partial charge >= 0.3 is 0 Å². The van der Waals surface area contributed by atoms with Crippen molar-refractivity contribution in [3.05, 3.63) is 0 Å². The Bertz CT molecular complexity index is 390. The summed E-state index contributed by atoms with van der Waals surface area (Å²) >= 11 is 4.82. The maximum absolute atomic E-state index is 12.2. The molecule has 100 valence electrons. The predicted octanol–water partition coefficient (Wildman–Crippen LogP) is 1.55. The molecular weight excluding hydrogens is 256 g/mol. The van der Waals surface area contributed by atoms with Crippen molar-refractivity contribution in [3.63, 3.8) is 0 Å². The molecule has 1 fully saturated rings. The van der Waals surface area contributed by atoms with E-state index >= 15 is 0 Å². The van der Waals surface area contributed by atoms with Crippen molar-refractivity contribution >= 4 is 27.2 Å². The zero-order chi connectivity index (χ0) is 13.3. The van der Waals surface area contributed by atoms with Crippen molar-refractivity contribution < 1.29 is 8.42 Å². The Labute approximate surface area is 109 Å². The van der Waals surface area contributed by atoms with Crippen LogP contribution in [0.4, 0.5) is 0 Å². The summed E-state index contributed by atoms with van der Waals surface area (Å²) < 4.78 is 27.1. The Morgan fingerprint density at radius 3 is 2.53 bits per heavy atom. The SMILES string of the molecule is CCC(C(N)=S)S(=O)(=O)NC1CCCC1(C)C. The van der Waals surface area contributed by atoms with Crippen molar-refractivity contribution in [2.75, 3.05) is 0 Å². The molecule has 0 bridgehead atoms. The van der Waals surface area contributed by atoms with Gasteiger partial charge in [-0.2, -0.15) is 0 Å². The van der Waals surface area contributed by atoms with Crippen LogP contribution in [0.5, 0.6) is 0 Å². The van der Waals surface area contributed by atoms with E-state index in [0.29, 0.717) is 6.42 Å². The zero-order valence-corrected chi connectivity index (χ0v) is 12.3. The Balaban J connectivity index is 2.83. The Kier molecular flexibility index (Phi) is 4.54. The molecule has 2 atom stereocenters. The first-order valence-corrected chi connectivity index (χ1v) is 7.96. The third-order valence-corrected chi connectivity index (χ3v) is 6.01. The third kappa shape index (κ3) is 3.39. The highest BCUT2D eigenvalue weighted by Gasteiger charge is 2.39. The molecule has 0 aliphatic heterocycles. The van der Waals surface area contributed by atoms with Gasteiger partial charge in [-0.15, -0.1) is 0 Å². The van der Waals surface area contributed by atoms with Crippen LogP contribution < -0.4 is 10.5 Å². The van der Waals surface area contributed by atoms with E-state index in [0.717, 1.165) is 19.3 Å². The first kappa shape index (κ1) is 14.9. The van der Waals surface area contributed by atoms with Crippen molar-refractivity contribution in [1.29, 1.82) is 0 Å². The van der Waals surface area contributed by atoms with E-state index in [4.69, 9.17) is 18.0 Å². The van der Waals surface area contributed by atoms with Gasteiger partial charge < -0.3 is 5.73 Å². The molecule has 3 N–H and O–H groups in total. The van der Waals surface area contributed by atoms with Gasteiger partial charge in [-0.1, -0.05) is 39.4 Å². The van der Waals surface area contributed by atoms with Crippen molar-refractivity contribution in [2.45, 2.75) is 57.7 Å². The maximum Gasteiger partial charge on any atom is 0.221 e. The molecule has 17 heavy (non-hydrogen) atoms. The van der Waals surface area contributed by atoms with E-state index in [1.54, 1.807) is 6.92 Å². The minimum absolute atomic E-state index is 0.00380. The zero-order valence-electron chi connectivity index (χ0n) is 10.7. The summed E-state index contributed by atoms with van der Waals surface area (Å²) in [6.45, 7) is 5.96. The van der Waals surface area contributed by atoms with Gasteiger partial charge in [-0.05, 0) is 24.7 Å². The molecule has 0 radical (unpaired) electrons. The lowest BCUT2D eigenvalue weighted by atomic mass is 9.88. The van der Waals surface area contributed by atoms with Crippen LogP contribution in [0.25, 0.3) is 0 Å². The van der Waals surface area contributed by atoms with E-state index < -0.39 is 15.3 Å². The predicted molar refractivity (Wildman–Crippen MR) is 74.3 cm³/mol. The van der Waals surface area contributed by atoms with E-state index in [9.17, 15) is 8.42 Å². The normalized spacial score (nSPS) is 25.7. The van der Waals surface area contributed by atoms with Gasteiger partial charge in [-0.3, -0.25) is 0 Å². The van der Waals surface area contributed by atoms with Gasteiger partial charge in [0.05, 0.1) is 4.99 Å². The topological polar surface area (TPSA) is 72.2 Å². The Hall–Kier alpha value is -0.200. The highest BCUT2D eigenvalue weighted by molar-refractivity contribution is 7.93. The van der Waals surface area contributed by atoms with Gasteiger partial charge in [0.15, 0.2) is 0 Å². The third-order valence-electron chi connectivity index (χ3n) is 3.63. The number of nitrogens with one attached hydrogen (secondary N) is 1. The number of rotatable bonds is 5. The Morgan fingerprint density at radius 2 is 2.18 bits per heavy atom. The van der Waals surface area contributed by atoms with Crippen LogP contribution in [-0.2, 0) is 10.0 Å². The molecular formula is C11H22N2O2S2. The number of nitrogens with two attached hydrogens (primary N) is 1. The summed E-state index contributed by atoms with van der Waals surface area (Å²) in [4.78, 5) is 0.0517. The quantitative estimate of drug-likeness (QED) is 0.748. The number of sulfonamides is 1. The molecule has 2 unspecified atom stereocenters. The largest absolute Gasteiger partial charge is 0.392 e. The fraction of sp³-hybridized carbons (Fsp3) is 0.909. The summed E-state index contributed by atoms with van der Waals surface area (Å²) in [7, 11) is -3.44. The van der Waals surface area contributed by atoms with Gasteiger partial charge in [-0.25, -0.2) is 13.1 Å². The number of thiocarbonyl (C=S) groups is 1. The summed E-state index contributed by atoms with van der Waals surface area (Å²) in [6, 6.07) is -0.00380. The molecule has 0 aromatic carbocycles. The highest BCUT2D eigenvalue weighted by atomic mass is 32.2. The van der Waals surface area contributed by atoms with Crippen LogP contribution in [0.3, 0.4) is 0 Å². The van der Waals surface area contributed by atoms with Crippen LogP contribution in [0.15, 0.2) is 0 Å². The van der Waals surface area contributed by atoms with Crippen LogP contribution in [0.2, 0.25) is 0 Å². The van der Waals surface area contributed by atoms with Crippen LogP contribution in [0, 0.1) is 5.41 Å². The van der Waals surface area contributed by atoms with Gasteiger partial charge in [0, 0.05) is 6.04 Å². The molecule has 1 saturated carbocycles. The lowest BCUT2D eigenvalue weighted by Crippen LogP contribution is -2.48. The lowest BCUT2D eigenvalue weighted by molar-refractivity contribution is 0.312. The molecule has 0 aromatic heterocycles. The highest BCUT2D eigenvalue weighted by Crippen LogP contribution is 2.37. The van der Waals surface area contributed by atoms with E-state index in [1.165, 1.54) is 0 Å². The Morgan fingerprint density at radius 1 is 1.59 bits per heavy atom. The standard InChI is InChI=1S/C11H22N2O2S2/c1-4-8(10(12)16)17(14,15)13-9-6-5-7-11(9,2)3/h8-9,13H,4-7H2,1-3H3,(H2,12,16). The van der Waals surface area contributed by atoms with E-state index in [-0.39, 0.29) is 16.4 Å². The number of hydrogen-bond donors (Lipinski definition) is 2. The monoisotopic (exact) mass is 278 g/mol. The van der Waals surface area contributed by atoms with Gasteiger partial charge in [0.2, 0.25) is 10.0 Å². The molecule has 1 rings (SSSR count). The fourth-order valence-corrected chi connectivity index (χ4v) is 4.69. The summed E-state index contributed by atoms with van der Waals surface area (Å²) in [5.74, 6) is 0. The molecule has 0 aromatic rings. The first-order valence-electron chi connectivity index (χ1n) is 6.01. The molecule has 0 saturated heterocycles. The second-order valence-electron chi connectivity index (χ2n) is 5.40. The summed E-state index contributed by atoms with van der Waals surface area (Å²) in [6.07, 6.45) is 3.41. The van der Waals surface area contributed by atoms with Crippen LogP contribution in [-0.4, -0.2) is 24.7 Å². The molecule has 1 aliphatic carbocycles. The van der Waals surface area contributed by atoms with Gasteiger partial charge in [0.1, 0.15) is 5.25 Å². The average molecular weight is 278 g/mol.